The molecule has 0 radical (unpaired) electrons. The summed E-state index contributed by atoms with van der Waals surface area (Å²) in [6.45, 7) is 0.222. The van der Waals surface area contributed by atoms with Gasteiger partial charge in [0.25, 0.3) is 0 Å². The first-order valence-corrected chi connectivity index (χ1v) is 6.69. The van der Waals surface area contributed by atoms with Crippen molar-refractivity contribution in [1.29, 1.82) is 5.26 Å². The molecule has 0 aliphatic rings. The number of para-hydroxylation sites is 1. The maximum absolute atomic E-state index is 12.5. The molecule has 0 saturated carbocycles. The molecule has 0 fully saturated rings. The van der Waals surface area contributed by atoms with Crippen LogP contribution in [0.4, 0.5) is 0 Å². The minimum absolute atomic E-state index is 0.0616. The Hall–Kier alpha value is -2.99. The van der Waals surface area contributed by atoms with Gasteiger partial charge in [0.15, 0.2) is 6.20 Å². The van der Waals surface area contributed by atoms with E-state index >= 15 is 0 Å². The van der Waals surface area contributed by atoms with Gasteiger partial charge in [0.2, 0.25) is 17.8 Å². The largest absolute Gasteiger partial charge is 0.287 e. The highest BCUT2D eigenvalue weighted by molar-refractivity contribution is 5.97. The van der Waals surface area contributed by atoms with E-state index in [9.17, 15) is 4.79 Å². The fraction of sp³-hybridized carbons (Fsp3) is 0.0556. The number of hydrogen-bond donors (Lipinski definition) is 0. The molecule has 1 aromatic heterocycles. The number of aromatic nitrogens is 1. The maximum atomic E-state index is 12.5. The summed E-state index contributed by atoms with van der Waals surface area (Å²) in [4.78, 5) is 12.5. The average Bonchev–Trinajstić information content (AvgIpc) is 2.55. The molecule has 1 heterocycles. The summed E-state index contributed by atoms with van der Waals surface area (Å²) >= 11 is 0. The van der Waals surface area contributed by atoms with E-state index in [0.717, 1.165) is 10.9 Å². The van der Waals surface area contributed by atoms with Crippen molar-refractivity contribution in [3.63, 3.8) is 0 Å². The van der Waals surface area contributed by atoms with Crippen LogP contribution < -0.4 is 4.57 Å². The third kappa shape index (κ3) is 2.52. The van der Waals surface area contributed by atoms with Crippen LogP contribution >= 0.6 is 0 Å². The Balaban J connectivity index is 1.99. The standard InChI is InChI=1S/C18H13N2O/c19-12-15-7-1-3-9-16(15)18(21)13-20-11-5-8-14-6-2-4-10-17(14)20/h1-11H,13H2/q+1. The van der Waals surface area contributed by atoms with E-state index in [1.54, 1.807) is 24.3 Å². The van der Waals surface area contributed by atoms with Crippen LogP contribution in [0, 0.1) is 11.3 Å². The van der Waals surface area contributed by atoms with Crippen molar-refractivity contribution >= 4 is 16.7 Å². The number of ketones is 1. The molecule has 3 aromatic rings. The second-order valence-electron chi connectivity index (χ2n) is 4.78. The lowest BCUT2D eigenvalue weighted by molar-refractivity contribution is -0.657. The summed E-state index contributed by atoms with van der Waals surface area (Å²) in [5, 5.41) is 10.2. The number of hydrogen-bond acceptors (Lipinski definition) is 2. The quantitative estimate of drug-likeness (QED) is 0.544. The van der Waals surface area contributed by atoms with E-state index < -0.39 is 0 Å². The Kier molecular flexibility index (Phi) is 3.44. The first-order valence-electron chi connectivity index (χ1n) is 6.69. The monoisotopic (exact) mass is 273 g/mol. The molecule has 0 unspecified atom stereocenters. The zero-order valence-corrected chi connectivity index (χ0v) is 11.4. The minimum Gasteiger partial charge on any atom is -0.287 e. The van der Waals surface area contributed by atoms with Gasteiger partial charge in [-0.2, -0.15) is 9.83 Å². The van der Waals surface area contributed by atoms with Gasteiger partial charge in [-0.3, -0.25) is 4.79 Å². The van der Waals surface area contributed by atoms with E-state index in [0.29, 0.717) is 11.1 Å². The topological polar surface area (TPSA) is 44.7 Å². The van der Waals surface area contributed by atoms with Gasteiger partial charge in [-0.1, -0.05) is 24.3 Å². The smallest absolute Gasteiger partial charge is 0.228 e. The third-order valence-electron chi connectivity index (χ3n) is 3.45. The molecule has 0 amide bonds. The molecule has 100 valence electrons. The summed E-state index contributed by atoms with van der Waals surface area (Å²) < 4.78 is 1.91. The second kappa shape index (κ2) is 5.56. The van der Waals surface area contributed by atoms with E-state index in [4.69, 9.17) is 5.26 Å². The summed E-state index contributed by atoms with van der Waals surface area (Å²) in [5.41, 5.74) is 1.89. The first kappa shape index (κ1) is 13.0. The Morgan fingerprint density at radius 3 is 2.57 bits per heavy atom. The molecule has 0 atom stereocenters. The van der Waals surface area contributed by atoms with Crippen LogP contribution in [-0.4, -0.2) is 5.78 Å². The number of benzene rings is 2. The number of nitriles is 1. The molecule has 21 heavy (non-hydrogen) atoms. The molecule has 0 saturated heterocycles. The molecule has 3 nitrogen and oxygen atoms in total. The Labute approximate surface area is 122 Å². The summed E-state index contributed by atoms with van der Waals surface area (Å²) in [6.07, 6.45) is 1.88. The SMILES string of the molecule is N#Cc1ccccc1C(=O)C[n+]1cccc2ccccc21. The number of carbonyl (C=O) groups excluding carboxylic acids is 1. The zero-order chi connectivity index (χ0) is 14.7. The van der Waals surface area contributed by atoms with Crippen LogP contribution in [0.2, 0.25) is 0 Å². The number of pyridine rings is 1. The van der Waals surface area contributed by atoms with Crippen molar-refractivity contribution in [2.75, 3.05) is 0 Å². The molecule has 0 aliphatic heterocycles. The zero-order valence-electron chi connectivity index (χ0n) is 11.4. The first-order chi connectivity index (χ1) is 10.3. The predicted molar refractivity (Wildman–Crippen MR) is 79.6 cm³/mol. The van der Waals surface area contributed by atoms with Crippen LogP contribution in [0.3, 0.4) is 0 Å². The van der Waals surface area contributed by atoms with Crippen molar-refractivity contribution in [2.45, 2.75) is 6.54 Å². The number of rotatable bonds is 3. The second-order valence-corrected chi connectivity index (χ2v) is 4.78. The molecule has 2 aromatic carbocycles. The highest BCUT2D eigenvalue weighted by Crippen LogP contribution is 2.11. The van der Waals surface area contributed by atoms with E-state index in [2.05, 4.69) is 6.07 Å². The normalized spacial score (nSPS) is 10.2. The Bertz CT molecular complexity index is 857. The van der Waals surface area contributed by atoms with E-state index in [1.165, 1.54) is 0 Å². The highest BCUT2D eigenvalue weighted by Gasteiger charge is 2.17. The van der Waals surface area contributed by atoms with Gasteiger partial charge in [-0.15, -0.1) is 0 Å². The van der Waals surface area contributed by atoms with Crippen LogP contribution in [0.25, 0.3) is 10.9 Å². The van der Waals surface area contributed by atoms with Crippen molar-refractivity contribution in [1.82, 2.24) is 0 Å². The lowest BCUT2D eigenvalue weighted by atomic mass is 10.0. The van der Waals surface area contributed by atoms with Crippen LogP contribution in [-0.2, 0) is 6.54 Å². The van der Waals surface area contributed by atoms with Gasteiger partial charge < -0.3 is 0 Å². The molecule has 0 N–H and O–H groups in total. The van der Waals surface area contributed by atoms with Gasteiger partial charge in [0, 0.05) is 23.1 Å². The summed E-state index contributed by atoms with van der Waals surface area (Å²) in [5.74, 6) is -0.0616. The highest BCUT2D eigenvalue weighted by atomic mass is 16.1. The van der Waals surface area contributed by atoms with Crippen LogP contribution in [0.15, 0.2) is 66.9 Å². The Morgan fingerprint density at radius 2 is 1.71 bits per heavy atom. The average molecular weight is 273 g/mol. The molecule has 0 aliphatic carbocycles. The molecule has 3 heteroatoms. The fourth-order valence-corrected chi connectivity index (χ4v) is 2.42. The van der Waals surface area contributed by atoms with Crippen LogP contribution in [0.1, 0.15) is 15.9 Å². The van der Waals surface area contributed by atoms with Gasteiger partial charge in [0.1, 0.15) is 0 Å². The minimum atomic E-state index is -0.0616. The molecular weight excluding hydrogens is 260 g/mol. The van der Waals surface area contributed by atoms with Gasteiger partial charge in [0.05, 0.1) is 11.6 Å². The molecule has 3 rings (SSSR count). The number of fused-ring (bicyclic) bond motifs is 1. The van der Waals surface area contributed by atoms with Crippen molar-refractivity contribution in [3.05, 3.63) is 78.0 Å². The number of nitrogens with zero attached hydrogens (tertiary/aromatic N) is 2. The van der Waals surface area contributed by atoms with Gasteiger partial charge in [-0.05, 0) is 24.3 Å². The lowest BCUT2D eigenvalue weighted by Crippen LogP contribution is -2.38. The van der Waals surface area contributed by atoms with E-state index in [1.807, 2.05) is 47.2 Å². The summed E-state index contributed by atoms with van der Waals surface area (Å²) in [7, 11) is 0. The van der Waals surface area contributed by atoms with Gasteiger partial charge in [-0.25, -0.2) is 0 Å². The molecule has 0 bridgehead atoms. The predicted octanol–water partition coefficient (Wildman–Crippen LogP) is 2.88. The molecular formula is C18H13N2O+. The number of Topliss-reactive ketones (excluding diaryl/α,β-unsaturated/α-hetero) is 1. The van der Waals surface area contributed by atoms with Crippen molar-refractivity contribution in [3.8, 4) is 6.07 Å². The molecule has 0 spiro atoms. The van der Waals surface area contributed by atoms with Crippen molar-refractivity contribution < 1.29 is 9.36 Å². The van der Waals surface area contributed by atoms with E-state index in [-0.39, 0.29) is 12.3 Å². The fourth-order valence-electron chi connectivity index (χ4n) is 2.42. The van der Waals surface area contributed by atoms with Gasteiger partial charge >= 0.3 is 0 Å². The summed E-state index contributed by atoms with van der Waals surface area (Å²) in [6, 6.07) is 20.8. The lowest BCUT2D eigenvalue weighted by Gasteiger charge is -2.02. The maximum Gasteiger partial charge on any atom is 0.228 e. The van der Waals surface area contributed by atoms with Crippen molar-refractivity contribution in [2.24, 2.45) is 0 Å². The Morgan fingerprint density at radius 1 is 1.00 bits per heavy atom. The van der Waals surface area contributed by atoms with Crippen LogP contribution in [0.5, 0.6) is 0 Å². The number of carbonyl (C=O) groups is 1. The third-order valence-corrected chi connectivity index (χ3v) is 3.45.